The van der Waals surface area contributed by atoms with Crippen LogP contribution in [0.15, 0.2) is 54.6 Å². The van der Waals surface area contributed by atoms with Gasteiger partial charge in [-0.25, -0.2) is 0 Å². The highest BCUT2D eigenvalue weighted by Gasteiger charge is 2.20. The maximum absolute atomic E-state index is 12.5. The maximum Gasteiger partial charge on any atom is 0.313 e. The van der Waals surface area contributed by atoms with Crippen molar-refractivity contribution in [2.75, 3.05) is 0 Å². The Labute approximate surface area is 137 Å². The van der Waals surface area contributed by atoms with Crippen LogP contribution in [0, 0.1) is 0 Å². The van der Waals surface area contributed by atoms with Gasteiger partial charge in [0, 0.05) is 11.1 Å². The molecule has 0 radical (unpaired) electrons. The number of hydrogen-bond acceptors (Lipinski definition) is 3. The van der Waals surface area contributed by atoms with Gasteiger partial charge in [0.05, 0.1) is 12.0 Å². The maximum atomic E-state index is 12.5. The highest BCUT2D eigenvalue weighted by atomic mass is 16.5. The summed E-state index contributed by atoms with van der Waals surface area (Å²) in [6, 6.07) is 16.3. The molecule has 0 aliphatic carbocycles. The van der Waals surface area contributed by atoms with E-state index in [-0.39, 0.29) is 17.9 Å². The van der Waals surface area contributed by atoms with Gasteiger partial charge in [-0.1, -0.05) is 55.5 Å². The van der Waals surface area contributed by atoms with Crippen LogP contribution in [0.5, 0.6) is 0 Å². The molecule has 2 rings (SSSR count). The topological polar surface area (TPSA) is 43.4 Å². The van der Waals surface area contributed by atoms with Gasteiger partial charge in [-0.15, -0.1) is 0 Å². The summed E-state index contributed by atoms with van der Waals surface area (Å²) in [5.74, 6) is -0.703. The molecule has 0 fully saturated rings. The van der Waals surface area contributed by atoms with E-state index in [1.165, 1.54) is 0 Å². The lowest BCUT2D eigenvalue weighted by Crippen LogP contribution is -2.19. The third-order valence-electron chi connectivity index (χ3n) is 3.93. The van der Waals surface area contributed by atoms with Crippen LogP contribution in [0.1, 0.15) is 54.6 Å². The van der Waals surface area contributed by atoms with E-state index >= 15 is 0 Å². The van der Waals surface area contributed by atoms with Crippen molar-refractivity contribution in [1.82, 2.24) is 0 Å². The van der Waals surface area contributed by atoms with Gasteiger partial charge in [0.15, 0.2) is 5.78 Å². The molecule has 0 bridgehead atoms. The molecular formula is C20H22O3. The Bertz CT molecular complexity index is 676. The van der Waals surface area contributed by atoms with Crippen LogP contribution in [0.3, 0.4) is 0 Å². The van der Waals surface area contributed by atoms with Crippen LogP contribution in [0.2, 0.25) is 0 Å². The van der Waals surface area contributed by atoms with E-state index in [4.69, 9.17) is 4.74 Å². The lowest BCUT2D eigenvalue weighted by Gasteiger charge is -2.16. The minimum Gasteiger partial charge on any atom is -0.462 e. The van der Waals surface area contributed by atoms with E-state index in [1.807, 2.05) is 38.1 Å². The fourth-order valence-corrected chi connectivity index (χ4v) is 2.23. The van der Waals surface area contributed by atoms with E-state index in [2.05, 4.69) is 0 Å². The predicted molar refractivity (Wildman–Crippen MR) is 90.6 cm³/mol. The fraction of sp³-hybridized carbons (Fsp3) is 0.300. The molecule has 0 saturated heterocycles. The van der Waals surface area contributed by atoms with E-state index in [1.54, 1.807) is 37.3 Å². The summed E-state index contributed by atoms with van der Waals surface area (Å²) >= 11 is 0. The average Bonchev–Trinajstić information content (AvgIpc) is 2.61. The van der Waals surface area contributed by atoms with Crippen molar-refractivity contribution in [2.24, 2.45) is 0 Å². The Kier molecular flexibility index (Phi) is 5.69. The van der Waals surface area contributed by atoms with Crippen molar-refractivity contribution >= 4 is 11.8 Å². The smallest absolute Gasteiger partial charge is 0.313 e. The SMILES string of the molecule is CCC(C)OC(=O)C(C)c1cccc(C(=O)c2ccccc2)c1. The number of rotatable bonds is 6. The first kappa shape index (κ1) is 16.9. The van der Waals surface area contributed by atoms with Crippen molar-refractivity contribution in [3.8, 4) is 0 Å². The van der Waals surface area contributed by atoms with Crippen molar-refractivity contribution < 1.29 is 14.3 Å². The Morgan fingerprint density at radius 3 is 2.26 bits per heavy atom. The third-order valence-corrected chi connectivity index (χ3v) is 3.93. The number of carbonyl (C=O) groups excluding carboxylic acids is 2. The van der Waals surface area contributed by atoms with Gasteiger partial charge < -0.3 is 4.74 Å². The van der Waals surface area contributed by atoms with Crippen molar-refractivity contribution in [3.63, 3.8) is 0 Å². The molecule has 0 saturated carbocycles. The molecule has 2 unspecified atom stereocenters. The molecule has 0 aliphatic heterocycles. The minimum atomic E-state index is -0.396. The highest BCUT2D eigenvalue weighted by Crippen LogP contribution is 2.21. The summed E-state index contributed by atoms with van der Waals surface area (Å²) in [7, 11) is 0. The number of ketones is 1. The molecule has 2 atom stereocenters. The summed E-state index contributed by atoms with van der Waals surface area (Å²) in [5.41, 5.74) is 2.01. The highest BCUT2D eigenvalue weighted by molar-refractivity contribution is 6.09. The summed E-state index contributed by atoms with van der Waals surface area (Å²) in [6.07, 6.45) is 0.685. The predicted octanol–water partition coefficient (Wildman–Crippen LogP) is 4.36. The minimum absolute atomic E-state index is 0.0463. The number of carbonyl (C=O) groups is 2. The molecule has 0 heterocycles. The molecule has 0 aromatic heterocycles. The standard InChI is InChI=1S/C20H22O3/c1-4-14(2)23-20(22)15(3)17-11-8-12-18(13-17)19(21)16-9-6-5-7-10-16/h5-15H,4H2,1-3H3. The van der Waals surface area contributed by atoms with E-state index in [0.717, 1.165) is 12.0 Å². The fourth-order valence-electron chi connectivity index (χ4n) is 2.23. The van der Waals surface area contributed by atoms with Crippen molar-refractivity contribution in [3.05, 3.63) is 71.3 Å². The second-order valence-electron chi connectivity index (χ2n) is 5.70. The summed E-state index contributed by atoms with van der Waals surface area (Å²) in [5, 5.41) is 0. The molecular weight excluding hydrogens is 288 g/mol. The molecule has 120 valence electrons. The monoisotopic (exact) mass is 310 g/mol. The first-order valence-electron chi connectivity index (χ1n) is 7.93. The lowest BCUT2D eigenvalue weighted by molar-refractivity contribution is -0.149. The van der Waals surface area contributed by atoms with Gasteiger partial charge in [-0.05, 0) is 31.9 Å². The molecule has 0 amide bonds. The van der Waals surface area contributed by atoms with Gasteiger partial charge in [0.25, 0.3) is 0 Å². The van der Waals surface area contributed by atoms with Crippen molar-refractivity contribution in [2.45, 2.75) is 39.2 Å². The van der Waals surface area contributed by atoms with Gasteiger partial charge in [0.2, 0.25) is 0 Å². The molecule has 23 heavy (non-hydrogen) atoms. The Morgan fingerprint density at radius 2 is 1.61 bits per heavy atom. The lowest BCUT2D eigenvalue weighted by atomic mass is 9.96. The zero-order valence-electron chi connectivity index (χ0n) is 13.8. The number of esters is 1. The van der Waals surface area contributed by atoms with E-state index < -0.39 is 5.92 Å². The second-order valence-corrected chi connectivity index (χ2v) is 5.70. The first-order valence-corrected chi connectivity index (χ1v) is 7.93. The molecule has 2 aromatic rings. The number of hydrogen-bond donors (Lipinski definition) is 0. The second kappa shape index (κ2) is 7.73. The van der Waals surface area contributed by atoms with Crippen LogP contribution in [-0.2, 0) is 9.53 Å². The average molecular weight is 310 g/mol. The molecule has 0 aliphatic rings. The van der Waals surface area contributed by atoms with Gasteiger partial charge >= 0.3 is 5.97 Å². The van der Waals surface area contributed by atoms with Crippen LogP contribution in [0.25, 0.3) is 0 Å². The van der Waals surface area contributed by atoms with Crippen LogP contribution < -0.4 is 0 Å². The molecule has 0 spiro atoms. The molecule has 3 nitrogen and oxygen atoms in total. The zero-order chi connectivity index (χ0) is 16.8. The quantitative estimate of drug-likeness (QED) is 0.588. The number of benzene rings is 2. The van der Waals surface area contributed by atoms with E-state index in [0.29, 0.717) is 11.1 Å². The largest absolute Gasteiger partial charge is 0.462 e. The Hall–Kier alpha value is -2.42. The van der Waals surface area contributed by atoms with Crippen LogP contribution in [0.4, 0.5) is 0 Å². The number of ether oxygens (including phenoxy) is 1. The van der Waals surface area contributed by atoms with Gasteiger partial charge in [-0.2, -0.15) is 0 Å². The molecule has 0 N–H and O–H groups in total. The zero-order valence-corrected chi connectivity index (χ0v) is 13.8. The van der Waals surface area contributed by atoms with Crippen LogP contribution in [-0.4, -0.2) is 17.9 Å². The third kappa shape index (κ3) is 4.28. The van der Waals surface area contributed by atoms with Crippen LogP contribution >= 0.6 is 0 Å². The molecule has 2 aromatic carbocycles. The van der Waals surface area contributed by atoms with Gasteiger partial charge in [0.1, 0.15) is 0 Å². The Balaban J connectivity index is 2.19. The van der Waals surface area contributed by atoms with Gasteiger partial charge in [-0.3, -0.25) is 9.59 Å². The Morgan fingerprint density at radius 1 is 0.957 bits per heavy atom. The summed E-state index contributed by atoms with van der Waals surface area (Å²) < 4.78 is 5.38. The first-order chi connectivity index (χ1) is 11.0. The normalized spacial score (nSPS) is 13.2. The van der Waals surface area contributed by atoms with Crippen molar-refractivity contribution in [1.29, 1.82) is 0 Å². The molecule has 3 heteroatoms. The van der Waals surface area contributed by atoms with E-state index in [9.17, 15) is 9.59 Å². The summed E-state index contributed by atoms with van der Waals surface area (Å²) in [6.45, 7) is 5.65. The summed E-state index contributed by atoms with van der Waals surface area (Å²) in [4.78, 5) is 24.7.